The maximum atomic E-state index is 10.3. The third-order valence-electron chi connectivity index (χ3n) is 1.84. The van der Waals surface area contributed by atoms with Crippen LogP contribution in [0.1, 0.15) is 18.9 Å². The molecule has 0 N–H and O–H groups in total. The summed E-state index contributed by atoms with van der Waals surface area (Å²) in [5.41, 5.74) is 1.20. The Bertz CT molecular complexity index is 233. The Morgan fingerprint density at radius 3 is 3.08 bits per heavy atom. The van der Waals surface area contributed by atoms with Gasteiger partial charge in [-0.1, -0.05) is 13.0 Å². The van der Waals surface area contributed by atoms with Crippen LogP contribution in [0.2, 0.25) is 0 Å². The zero-order valence-corrected chi connectivity index (χ0v) is 7.23. The fourth-order valence-electron chi connectivity index (χ4n) is 1.01. The van der Waals surface area contributed by atoms with Gasteiger partial charge in [0.15, 0.2) is 0 Å². The van der Waals surface area contributed by atoms with Crippen molar-refractivity contribution in [3.05, 3.63) is 30.1 Å². The maximum absolute atomic E-state index is 10.3. The van der Waals surface area contributed by atoms with Gasteiger partial charge in [-0.2, -0.15) is 0 Å². The van der Waals surface area contributed by atoms with Gasteiger partial charge in [0.2, 0.25) is 0 Å². The number of carbonyl (C=O) groups is 1. The lowest BCUT2D eigenvalue weighted by Crippen LogP contribution is -1.98. The number of hydrogen-bond donors (Lipinski definition) is 0. The summed E-state index contributed by atoms with van der Waals surface area (Å²) < 4.78 is 0. The van der Waals surface area contributed by atoms with Crippen LogP contribution in [0.4, 0.5) is 0 Å². The molecule has 0 aliphatic carbocycles. The van der Waals surface area contributed by atoms with Crippen molar-refractivity contribution in [3.8, 4) is 0 Å². The second-order valence-electron chi connectivity index (χ2n) is 3.01. The highest BCUT2D eigenvalue weighted by Gasteiger charge is 1.99. The SMILES string of the molecule is CC(C=O)CCc1cccnc1. The Morgan fingerprint density at radius 2 is 2.50 bits per heavy atom. The van der Waals surface area contributed by atoms with Crippen molar-refractivity contribution in [2.75, 3.05) is 0 Å². The molecule has 0 aromatic carbocycles. The van der Waals surface area contributed by atoms with Gasteiger partial charge in [0, 0.05) is 18.3 Å². The zero-order chi connectivity index (χ0) is 8.81. The lowest BCUT2D eigenvalue weighted by atomic mass is 10.0. The van der Waals surface area contributed by atoms with Crippen molar-refractivity contribution >= 4 is 6.29 Å². The average Bonchev–Trinajstić information content (AvgIpc) is 2.16. The van der Waals surface area contributed by atoms with Crippen molar-refractivity contribution in [2.24, 2.45) is 5.92 Å². The molecule has 0 amide bonds. The average molecular weight is 163 g/mol. The quantitative estimate of drug-likeness (QED) is 0.634. The largest absolute Gasteiger partial charge is 0.303 e. The van der Waals surface area contributed by atoms with E-state index < -0.39 is 0 Å². The Kier molecular flexibility index (Phi) is 3.45. The molecule has 1 heterocycles. The molecule has 64 valence electrons. The standard InChI is InChI=1S/C10H13NO/c1-9(8-12)4-5-10-3-2-6-11-7-10/h2-3,6-9H,4-5H2,1H3. The number of pyridine rings is 1. The predicted octanol–water partition coefficient (Wildman–Crippen LogP) is 1.85. The Labute approximate surface area is 72.6 Å². The minimum atomic E-state index is 0.158. The van der Waals surface area contributed by atoms with Gasteiger partial charge in [-0.25, -0.2) is 0 Å². The molecule has 0 radical (unpaired) electrons. The fourth-order valence-corrected chi connectivity index (χ4v) is 1.01. The van der Waals surface area contributed by atoms with E-state index in [4.69, 9.17) is 0 Å². The highest BCUT2D eigenvalue weighted by atomic mass is 16.1. The molecule has 2 heteroatoms. The summed E-state index contributed by atoms with van der Waals surface area (Å²) in [5.74, 6) is 0.158. The van der Waals surface area contributed by atoms with E-state index in [1.54, 1.807) is 6.20 Å². The first kappa shape index (κ1) is 8.91. The van der Waals surface area contributed by atoms with Crippen molar-refractivity contribution in [1.29, 1.82) is 0 Å². The van der Waals surface area contributed by atoms with Gasteiger partial charge >= 0.3 is 0 Å². The molecule has 0 saturated carbocycles. The summed E-state index contributed by atoms with van der Waals surface area (Å²) in [7, 11) is 0. The molecular formula is C10H13NO. The van der Waals surface area contributed by atoms with Gasteiger partial charge in [0.05, 0.1) is 0 Å². The first-order chi connectivity index (χ1) is 5.83. The first-order valence-corrected chi connectivity index (χ1v) is 4.17. The van der Waals surface area contributed by atoms with Gasteiger partial charge in [-0.05, 0) is 24.5 Å². The monoisotopic (exact) mass is 163 g/mol. The molecule has 1 unspecified atom stereocenters. The lowest BCUT2D eigenvalue weighted by molar-refractivity contribution is -0.110. The molecule has 1 rings (SSSR count). The van der Waals surface area contributed by atoms with Crippen LogP contribution >= 0.6 is 0 Å². The van der Waals surface area contributed by atoms with Gasteiger partial charge in [0.1, 0.15) is 6.29 Å². The zero-order valence-electron chi connectivity index (χ0n) is 7.23. The Morgan fingerprint density at radius 1 is 1.67 bits per heavy atom. The van der Waals surface area contributed by atoms with Crippen LogP contribution in [-0.4, -0.2) is 11.3 Å². The molecular weight excluding hydrogens is 150 g/mol. The van der Waals surface area contributed by atoms with Crippen molar-refractivity contribution in [3.63, 3.8) is 0 Å². The molecule has 0 bridgehead atoms. The molecule has 0 aliphatic heterocycles. The second kappa shape index (κ2) is 4.65. The summed E-state index contributed by atoms with van der Waals surface area (Å²) >= 11 is 0. The number of nitrogens with zero attached hydrogens (tertiary/aromatic N) is 1. The number of aromatic nitrogens is 1. The highest BCUT2D eigenvalue weighted by molar-refractivity contribution is 5.52. The maximum Gasteiger partial charge on any atom is 0.122 e. The van der Waals surface area contributed by atoms with Crippen LogP contribution in [0.5, 0.6) is 0 Å². The number of aldehydes is 1. The molecule has 1 aromatic rings. The minimum absolute atomic E-state index is 0.158. The molecule has 12 heavy (non-hydrogen) atoms. The van der Waals surface area contributed by atoms with Crippen LogP contribution in [0.3, 0.4) is 0 Å². The van der Waals surface area contributed by atoms with Gasteiger partial charge in [-0.3, -0.25) is 4.98 Å². The topological polar surface area (TPSA) is 30.0 Å². The normalized spacial score (nSPS) is 12.4. The number of aryl methyl sites for hydroxylation is 1. The molecule has 2 nitrogen and oxygen atoms in total. The molecule has 0 aliphatic rings. The molecule has 0 fully saturated rings. The summed E-state index contributed by atoms with van der Waals surface area (Å²) in [6.45, 7) is 1.93. The summed E-state index contributed by atoms with van der Waals surface area (Å²) in [4.78, 5) is 14.3. The van der Waals surface area contributed by atoms with Crippen LogP contribution in [0, 0.1) is 5.92 Å². The molecule has 1 atom stereocenters. The molecule has 0 spiro atoms. The predicted molar refractivity (Wildman–Crippen MR) is 47.8 cm³/mol. The number of rotatable bonds is 4. The van der Waals surface area contributed by atoms with Crippen LogP contribution < -0.4 is 0 Å². The van der Waals surface area contributed by atoms with E-state index in [1.165, 1.54) is 5.56 Å². The molecule has 0 saturated heterocycles. The highest BCUT2D eigenvalue weighted by Crippen LogP contribution is 2.05. The molecule has 1 aromatic heterocycles. The minimum Gasteiger partial charge on any atom is -0.303 e. The van der Waals surface area contributed by atoms with Crippen LogP contribution in [0.15, 0.2) is 24.5 Å². The number of hydrogen-bond acceptors (Lipinski definition) is 2. The van der Waals surface area contributed by atoms with Crippen LogP contribution in [-0.2, 0) is 11.2 Å². The van der Waals surface area contributed by atoms with E-state index in [-0.39, 0.29) is 5.92 Å². The van der Waals surface area contributed by atoms with E-state index in [2.05, 4.69) is 4.98 Å². The first-order valence-electron chi connectivity index (χ1n) is 4.17. The van der Waals surface area contributed by atoms with Gasteiger partial charge in [-0.15, -0.1) is 0 Å². The van der Waals surface area contributed by atoms with Crippen molar-refractivity contribution in [2.45, 2.75) is 19.8 Å². The lowest BCUT2D eigenvalue weighted by Gasteiger charge is -2.01. The van der Waals surface area contributed by atoms with E-state index in [9.17, 15) is 4.79 Å². The second-order valence-corrected chi connectivity index (χ2v) is 3.01. The van der Waals surface area contributed by atoms with Crippen LogP contribution in [0.25, 0.3) is 0 Å². The summed E-state index contributed by atoms with van der Waals surface area (Å²) in [6.07, 6.45) is 6.45. The van der Waals surface area contributed by atoms with E-state index in [0.717, 1.165) is 19.1 Å². The van der Waals surface area contributed by atoms with E-state index >= 15 is 0 Å². The van der Waals surface area contributed by atoms with E-state index in [1.807, 2.05) is 25.3 Å². The summed E-state index contributed by atoms with van der Waals surface area (Å²) in [5, 5.41) is 0. The van der Waals surface area contributed by atoms with Crippen molar-refractivity contribution in [1.82, 2.24) is 4.98 Å². The van der Waals surface area contributed by atoms with Gasteiger partial charge < -0.3 is 4.79 Å². The number of carbonyl (C=O) groups excluding carboxylic acids is 1. The summed E-state index contributed by atoms with van der Waals surface area (Å²) in [6, 6.07) is 3.95. The Hall–Kier alpha value is -1.18. The third kappa shape index (κ3) is 2.82. The Balaban J connectivity index is 2.38. The van der Waals surface area contributed by atoms with Crippen molar-refractivity contribution < 1.29 is 4.79 Å². The smallest absolute Gasteiger partial charge is 0.122 e. The van der Waals surface area contributed by atoms with Gasteiger partial charge in [0.25, 0.3) is 0 Å². The van der Waals surface area contributed by atoms with E-state index in [0.29, 0.717) is 0 Å². The fraction of sp³-hybridized carbons (Fsp3) is 0.400. The third-order valence-corrected chi connectivity index (χ3v) is 1.84.